The van der Waals surface area contributed by atoms with Gasteiger partial charge in [0.05, 0.1) is 10.9 Å². The van der Waals surface area contributed by atoms with E-state index in [4.69, 9.17) is 13.9 Å². The van der Waals surface area contributed by atoms with Gasteiger partial charge in [-0.25, -0.2) is 22.0 Å². The van der Waals surface area contributed by atoms with Gasteiger partial charge in [-0.15, -0.1) is 0 Å². The van der Waals surface area contributed by atoms with Crippen LogP contribution in [0.25, 0.3) is 11.0 Å². The van der Waals surface area contributed by atoms with Crippen molar-refractivity contribution in [3.63, 3.8) is 0 Å². The molecule has 0 aliphatic rings. The lowest BCUT2D eigenvalue weighted by Crippen LogP contribution is -2.10. The summed E-state index contributed by atoms with van der Waals surface area (Å²) in [7, 11) is 0. The molecule has 0 saturated heterocycles. The Morgan fingerprint density at radius 3 is 2.09 bits per heavy atom. The van der Waals surface area contributed by atoms with Gasteiger partial charge in [0.1, 0.15) is 29.4 Å². The van der Waals surface area contributed by atoms with Crippen LogP contribution in [-0.2, 0) is 6.61 Å². The fraction of sp³-hybridized carbons (Fsp3) is 0.0870. The summed E-state index contributed by atoms with van der Waals surface area (Å²) >= 11 is 0. The molecule has 0 amide bonds. The molecule has 32 heavy (non-hydrogen) atoms. The van der Waals surface area contributed by atoms with Crippen LogP contribution in [0.4, 0.5) is 22.0 Å². The highest BCUT2D eigenvalue weighted by atomic mass is 19.2. The summed E-state index contributed by atoms with van der Waals surface area (Å²) in [5.74, 6) is -9.75. The molecule has 1 aromatic heterocycles. The first-order valence-electron chi connectivity index (χ1n) is 9.21. The van der Waals surface area contributed by atoms with Crippen LogP contribution in [-0.4, -0.2) is 0 Å². The fourth-order valence-electron chi connectivity index (χ4n) is 3.02. The molecular weight excluding hydrogens is 435 g/mol. The quantitative estimate of drug-likeness (QED) is 0.208. The van der Waals surface area contributed by atoms with Gasteiger partial charge >= 0.3 is 0 Å². The number of para-hydroxylation sites is 1. The Morgan fingerprint density at radius 2 is 1.44 bits per heavy atom. The van der Waals surface area contributed by atoms with Crippen LogP contribution in [0.2, 0.25) is 0 Å². The van der Waals surface area contributed by atoms with Crippen LogP contribution in [0.3, 0.4) is 0 Å². The van der Waals surface area contributed by atoms with Crippen LogP contribution in [0.5, 0.6) is 17.2 Å². The van der Waals surface area contributed by atoms with Gasteiger partial charge < -0.3 is 13.9 Å². The first-order chi connectivity index (χ1) is 15.3. The van der Waals surface area contributed by atoms with Gasteiger partial charge in [0.2, 0.25) is 17.0 Å². The molecule has 0 unspecified atom stereocenters. The van der Waals surface area contributed by atoms with E-state index in [1.807, 2.05) is 0 Å². The molecular formula is C23H13F5O4. The number of halogens is 5. The van der Waals surface area contributed by atoms with Crippen molar-refractivity contribution < 1.29 is 35.8 Å². The second-order valence-electron chi connectivity index (χ2n) is 6.73. The molecule has 0 atom stereocenters. The third-order valence-corrected chi connectivity index (χ3v) is 4.63. The maximum Gasteiger partial charge on any atom is 0.235 e. The topological polar surface area (TPSA) is 48.7 Å². The molecule has 4 rings (SSSR count). The van der Waals surface area contributed by atoms with Crippen LogP contribution in [0.15, 0.2) is 57.7 Å². The average Bonchev–Trinajstić information content (AvgIpc) is 2.79. The van der Waals surface area contributed by atoms with Crippen molar-refractivity contribution in [1.82, 2.24) is 0 Å². The minimum absolute atomic E-state index is 0.0132. The lowest BCUT2D eigenvalue weighted by atomic mass is 10.1. The average molecular weight is 448 g/mol. The second-order valence-corrected chi connectivity index (χ2v) is 6.73. The van der Waals surface area contributed by atoms with Crippen molar-refractivity contribution in [1.29, 1.82) is 0 Å². The Morgan fingerprint density at radius 1 is 0.812 bits per heavy atom. The molecule has 0 saturated carbocycles. The smallest absolute Gasteiger partial charge is 0.235 e. The van der Waals surface area contributed by atoms with E-state index in [0.717, 1.165) is 0 Å². The van der Waals surface area contributed by atoms with Crippen molar-refractivity contribution in [3.8, 4) is 17.2 Å². The number of rotatable bonds is 5. The number of ether oxygens (including phenoxy) is 2. The summed E-state index contributed by atoms with van der Waals surface area (Å²) in [6.07, 6.45) is 0. The molecule has 0 aliphatic carbocycles. The highest BCUT2D eigenvalue weighted by Gasteiger charge is 2.26. The number of aryl methyl sites for hydroxylation is 1. The molecule has 9 heteroatoms. The zero-order valence-electron chi connectivity index (χ0n) is 16.3. The monoisotopic (exact) mass is 448 g/mol. The van der Waals surface area contributed by atoms with Gasteiger partial charge in [-0.3, -0.25) is 4.79 Å². The molecule has 0 bridgehead atoms. The van der Waals surface area contributed by atoms with Crippen molar-refractivity contribution in [2.45, 2.75) is 13.5 Å². The molecule has 4 nitrogen and oxygen atoms in total. The highest BCUT2D eigenvalue weighted by Crippen LogP contribution is 2.28. The zero-order chi connectivity index (χ0) is 23.0. The third kappa shape index (κ3) is 3.77. The van der Waals surface area contributed by atoms with Gasteiger partial charge in [0.25, 0.3) is 0 Å². The van der Waals surface area contributed by atoms with E-state index in [0.29, 0.717) is 5.75 Å². The van der Waals surface area contributed by atoms with Crippen molar-refractivity contribution in [2.24, 2.45) is 0 Å². The normalized spacial score (nSPS) is 11.1. The van der Waals surface area contributed by atoms with Crippen LogP contribution in [0, 0.1) is 36.0 Å². The first kappa shape index (κ1) is 21.4. The Balaban J connectivity index is 1.64. The Bertz CT molecular complexity index is 1350. The Hall–Kier alpha value is -3.88. The molecule has 4 aromatic rings. The lowest BCUT2D eigenvalue weighted by Gasteiger charge is -2.11. The fourth-order valence-corrected chi connectivity index (χ4v) is 3.02. The van der Waals surface area contributed by atoms with E-state index in [1.165, 1.54) is 25.1 Å². The molecule has 164 valence electrons. The largest absolute Gasteiger partial charge is 0.489 e. The van der Waals surface area contributed by atoms with E-state index < -0.39 is 46.7 Å². The van der Waals surface area contributed by atoms with Gasteiger partial charge in [-0.05, 0) is 31.2 Å². The van der Waals surface area contributed by atoms with E-state index in [1.54, 1.807) is 30.3 Å². The summed E-state index contributed by atoms with van der Waals surface area (Å²) < 4.78 is 83.9. The van der Waals surface area contributed by atoms with Crippen molar-refractivity contribution in [2.75, 3.05) is 0 Å². The SMILES string of the molecule is Cc1oc2cc(OCc3c(F)c(F)c(F)c(F)c3F)ccc2c(=O)c1Oc1ccccc1. The Kier molecular flexibility index (Phi) is 5.56. The summed E-state index contributed by atoms with van der Waals surface area (Å²) in [6, 6.07) is 12.5. The molecule has 0 fully saturated rings. The van der Waals surface area contributed by atoms with Gasteiger partial charge in [-0.2, -0.15) is 0 Å². The predicted molar refractivity (Wildman–Crippen MR) is 104 cm³/mol. The zero-order valence-corrected chi connectivity index (χ0v) is 16.3. The van der Waals surface area contributed by atoms with Crippen LogP contribution < -0.4 is 14.9 Å². The summed E-state index contributed by atoms with van der Waals surface area (Å²) in [5, 5.41) is 0.144. The van der Waals surface area contributed by atoms with Gasteiger partial charge in [0, 0.05) is 6.07 Å². The van der Waals surface area contributed by atoms with E-state index in [9.17, 15) is 26.7 Å². The van der Waals surface area contributed by atoms with E-state index in [-0.39, 0.29) is 28.2 Å². The lowest BCUT2D eigenvalue weighted by molar-refractivity contribution is 0.279. The summed E-state index contributed by atoms with van der Waals surface area (Å²) in [4.78, 5) is 12.8. The highest BCUT2D eigenvalue weighted by molar-refractivity contribution is 5.79. The van der Waals surface area contributed by atoms with E-state index >= 15 is 0 Å². The minimum atomic E-state index is -2.25. The number of benzene rings is 3. The second kappa shape index (κ2) is 8.33. The van der Waals surface area contributed by atoms with Gasteiger partial charge in [0.15, 0.2) is 23.3 Å². The summed E-state index contributed by atoms with van der Waals surface area (Å²) in [6.45, 7) is 0.581. The summed E-state index contributed by atoms with van der Waals surface area (Å²) in [5.41, 5.74) is -1.49. The molecule has 0 aliphatic heterocycles. The molecule has 3 aromatic carbocycles. The number of hydrogen-bond acceptors (Lipinski definition) is 4. The minimum Gasteiger partial charge on any atom is -0.489 e. The number of hydrogen-bond donors (Lipinski definition) is 0. The predicted octanol–water partition coefficient (Wildman–Crippen LogP) is 6.17. The standard InChI is InChI=1S/C23H13F5O4/c1-11-23(32-12-5-3-2-4-6-12)22(29)14-8-7-13(9-16(14)31-11)30-10-15-17(24)19(26)21(28)20(27)18(15)25/h2-9H,10H2,1H3. The maximum atomic E-state index is 13.8. The number of fused-ring (bicyclic) bond motifs is 1. The van der Waals surface area contributed by atoms with Crippen LogP contribution >= 0.6 is 0 Å². The van der Waals surface area contributed by atoms with Crippen LogP contribution in [0.1, 0.15) is 11.3 Å². The first-order valence-corrected chi connectivity index (χ1v) is 9.21. The van der Waals surface area contributed by atoms with Crippen molar-refractivity contribution in [3.05, 3.63) is 99.2 Å². The molecule has 0 N–H and O–H groups in total. The van der Waals surface area contributed by atoms with Crippen molar-refractivity contribution >= 4 is 11.0 Å². The Labute approximate surface area is 177 Å². The maximum absolute atomic E-state index is 13.8. The third-order valence-electron chi connectivity index (χ3n) is 4.63. The molecule has 1 heterocycles. The van der Waals surface area contributed by atoms with E-state index in [2.05, 4.69) is 0 Å². The molecule has 0 radical (unpaired) electrons. The van der Waals surface area contributed by atoms with Gasteiger partial charge in [-0.1, -0.05) is 18.2 Å². The molecule has 0 spiro atoms.